The van der Waals surface area contributed by atoms with Gasteiger partial charge in [-0.15, -0.1) is 0 Å². The third-order valence-electron chi connectivity index (χ3n) is 5.94. The zero-order chi connectivity index (χ0) is 23.1. The zero-order valence-electron chi connectivity index (χ0n) is 20.7. The van der Waals surface area contributed by atoms with Crippen molar-refractivity contribution in [2.45, 2.75) is 130 Å². The van der Waals surface area contributed by atoms with Crippen LogP contribution in [0.3, 0.4) is 0 Å². The van der Waals surface area contributed by atoms with Crippen molar-refractivity contribution in [3.63, 3.8) is 0 Å². The summed E-state index contributed by atoms with van der Waals surface area (Å²) in [5.74, 6) is 0. The average molecular weight is 452 g/mol. The van der Waals surface area contributed by atoms with Crippen molar-refractivity contribution in [1.82, 2.24) is 0 Å². The van der Waals surface area contributed by atoms with Crippen molar-refractivity contribution < 1.29 is 22.0 Å². The van der Waals surface area contributed by atoms with E-state index >= 15 is 0 Å². The summed E-state index contributed by atoms with van der Waals surface area (Å²) < 4.78 is 34.3. The molecule has 0 radical (unpaired) electrons. The first-order valence-corrected chi connectivity index (χ1v) is 14.1. The highest BCUT2D eigenvalue weighted by Gasteiger charge is 2.24. The molecule has 0 amide bonds. The first kappa shape index (κ1) is 32.0. The lowest BCUT2D eigenvalue weighted by atomic mass is 10.1. The third kappa shape index (κ3) is 25.9. The molecule has 0 aromatic heterocycles. The van der Waals surface area contributed by atoms with Crippen LogP contribution in [0.15, 0.2) is 0 Å². The molecule has 0 unspecified atom stereocenters. The molecule has 0 spiro atoms. The predicted molar refractivity (Wildman–Crippen MR) is 129 cm³/mol. The van der Waals surface area contributed by atoms with E-state index in [1.807, 2.05) is 0 Å². The van der Waals surface area contributed by atoms with E-state index in [4.69, 9.17) is 17.5 Å². The van der Waals surface area contributed by atoms with Gasteiger partial charge in [-0.3, -0.25) is 4.55 Å². The molecule has 0 rings (SSSR count). The fourth-order valence-corrected chi connectivity index (χ4v) is 4.09. The Morgan fingerprint density at radius 2 is 0.767 bits per heavy atom. The van der Waals surface area contributed by atoms with Crippen molar-refractivity contribution in [2.75, 3.05) is 26.2 Å². The molecule has 6 heteroatoms. The van der Waals surface area contributed by atoms with Crippen LogP contribution in [0.25, 0.3) is 0 Å². The van der Waals surface area contributed by atoms with Gasteiger partial charge in [0.2, 0.25) is 10.4 Å². The van der Waals surface area contributed by atoms with Crippen LogP contribution >= 0.6 is 0 Å². The van der Waals surface area contributed by atoms with Gasteiger partial charge in [0.15, 0.2) is 0 Å². The summed E-state index contributed by atoms with van der Waals surface area (Å²) in [6, 6.07) is 0. The Balaban J connectivity index is 0. The van der Waals surface area contributed by atoms with Gasteiger partial charge < -0.3 is 9.04 Å². The van der Waals surface area contributed by atoms with E-state index in [0.717, 1.165) is 0 Å². The first-order valence-electron chi connectivity index (χ1n) is 12.8. The summed E-state index contributed by atoms with van der Waals surface area (Å²) in [6.07, 6.45) is 22.9. The molecule has 0 saturated carbocycles. The minimum Gasteiger partial charge on any atom is -0.726 e. The topological polar surface area (TPSA) is 77.4 Å². The molecule has 0 fully saturated rings. The summed E-state index contributed by atoms with van der Waals surface area (Å²) in [6.45, 7) is 15.1. The van der Waals surface area contributed by atoms with Gasteiger partial charge in [-0.25, -0.2) is 8.42 Å². The van der Waals surface area contributed by atoms with Crippen LogP contribution < -0.4 is 0 Å². The summed E-state index contributed by atoms with van der Waals surface area (Å²) in [5.41, 5.74) is 0. The van der Waals surface area contributed by atoms with E-state index in [0.29, 0.717) is 0 Å². The molecule has 5 nitrogen and oxygen atoms in total. The Kier molecular flexibility index (Phi) is 23.5. The van der Waals surface area contributed by atoms with E-state index in [1.54, 1.807) is 0 Å². The Morgan fingerprint density at radius 3 is 1.07 bits per heavy atom. The molecule has 0 aliphatic heterocycles. The van der Waals surface area contributed by atoms with Gasteiger partial charge in [0, 0.05) is 0 Å². The molecular weight excluding hydrogens is 398 g/mol. The fraction of sp³-hybridized carbons (Fsp3) is 1.00. The Hall–Kier alpha value is -0.170. The van der Waals surface area contributed by atoms with Crippen LogP contribution in [0.2, 0.25) is 0 Å². The average Bonchev–Trinajstić information content (AvgIpc) is 2.69. The Labute approximate surface area is 189 Å². The maximum absolute atomic E-state index is 8.63. The van der Waals surface area contributed by atoms with Crippen LogP contribution in [-0.4, -0.2) is 48.2 Å². The molecule has 1 N–H and O–H groups in total. The van der Waals surface area contributed by atoms with Crippen molar-refractivity contribution in [2.24, 2.45) is 0 Å². The molecule has 0 aromatic carbocycles. The highest BCUT2D eigenvalue weighted by Crippen LogP contribution is 2.18. The minimum atomic E-state index is -4.92. The molecule has 0 saturated heterocycles. The van der Waals surface area contributed by atoms with E-state index in [-0.39, 0.29) is 0 Å². The molecule has 30 heavy (non-hydrogen) atoms. The van der Waals surface area contributed by atoms with Gasteiger partial charge in [0.25, 0.3) is 0 Å². The second kappa shape index (κ2) is 22.0. The Bertz CT molecular complexity index is 411. The molecule has 0 aliphatic carbocycles. The molecule has 0 aliphatic rings. The summed E-state index contributed by atoms with van der Waals surface area (Å²) >= 11 is 0. The van der Waals surface area contributed by atoms with E-state index in [9.17, 15) is 0 Å². The van der Waals surface area contributed by atoms with Crippen LogP contribution in [0, 0.1) is 0 Å². The van der Waals surface area contributed by atoms with E-state index < -0.39 is 10.4 Å². The van der Waals surface area contributed by atoms with Gasteiger partial charge in [-0.05, 0) is 32.1 Å². The predicted octanol–water partition coefficient (Wildman–Crippen LogP) is 7.13. The number of hydrogen-bond acceptors (Lipinski definition) is 3. The standard InChI is InChI=1S/C24H52N.H2O4S/c1-5-9-13-14-15-16-17-18-19-20-24-25(21-10-6-2,22-11-7-3)23-12-8-4;1-5(2,3)4/h5-24H2,1-4H3;(H2,1,2,3,4)/q+1;/p-1. The molecule has 0 atom stereocenters. The summed E-state index contributed by atoms with van der Waals surface area (Å²) in [7, 11) is -4.92. The van der Waals surface area contributed by atoms with Crippen molar-refractivity contribution >= 4 is 10.4 Å². The summed E-state index contributed by atoms with van der Waals surface area (Å²) in [4.78, 5) is 0. The largest absolute Gasteiger partial charge is 0.726 e. The second-order valence-electron chi connectivity index (χ2n) is 8.91. The number of rotatable bonds is 20. The molecule has 184 valence electrons. The maximum atomic E-state index is 8.63. The molecular formula is C24H53NO4S. The minimum absolute atomic E-state index is 1.36. The van der Waals surface area contributed by atoms with Gasteiger partial charge in [-0.1, -0.05) is 98.3 Å². The quantitative estimate of drug-likeness (QED) is 0.0924. The van der Waals surface area contributed by atoms with Crippen molar-refractivity contribution in [3.05, 3.63) is 0 Å². The number of unbranched alkanes of at least 4 members (excludes halogenated alkanes) is 12. The second-order valence-corrected chi connectivity index (χ2v) is 9.76. The fourth-order valence-electron chi connectivity index (χ4n) is 4.09. The summed E-state index contributed by atoms with van der Waals surface area (Å²) in [5, 5.41) is 0. The lowest BCUT2D eigenvalue weighted by Gasteiger charge is -2.39. The Morgan fingerprint density at radius 1 is 0.533 bits per heavy atom. The van der Waals surface area contributed by atoms with Gasteiger partial charge in [0.05, 0.1) is 26.2 Å². The smallest absolute Gasteiger partial charge is 0.215 e. The van der Waals surface area contributed by atoms with Crippen LogP contribution in [0.4, 0.5) is 0 Å². The van der Waals surface area contributed by atoms with Gasteiger partial charge in [-0.2, -0.15) is 0 Å². The van der Waals surface area contributed by atoms with Crippen LogP contribution in [-0.2, 0) is 10.4 Å². The first-order chi connectivity index (χ1) is 14.2. The highest BCUT2D eigenvalue weighted by atomic mass is 32.3. The van der Waals surface area contributed by atoms with E-state index in [2.05, 4.69) is 27.7 Å². The lowest BCUT2D eigenvalue weighted by Crippen LogP contribution is -2.50. The van der Waals surface area contributed by atoms with Crippen molar-refractivity contribution in [1.29, 1.82) is 0 Å². The van der Waals surface area contributed by atoms with Gasteiger partial charge in [0.1, 0.15) is 0 Å². The molecule has 0 bridgehead atoms. The zero-order valence-corrected chi connectivity index (χ0v) is 21.5. The van der Waals surface area contributed by atoms with Crippen LogP contribution in [0.1, 0.15) is 130 Å². The van der Waals surface area contributed by atoms with E-state index in [1.165, 1.54) is 133 Å². The number of nitrogens with zero attached hydrogens (tertiary/aromatic N) is 1. The third-order valence-corrected chi connectivity index (χ3v) is 5.94. The van der Waals surface area contributed by atoms with Crippen LogP contribution in [0.5, 0.6) is 0 Å². The van der Waals surface area contributed by atoms with Crippen molar-refractivity contribution in [3.8, 4) is 0 Å². The highest BCUT2D eigenvalue weighted by molar-refractivity contribution is 7.79. The normalized spacial score (nSPS) is 11.9. The maximum Gasteiger partial charge on any atom is 0.215 e. The lowest BCUT2D eigenvalue weighted by molar-refractivity contribution is -0.929. The number of hydrogen-bond donors (Lipinski definition) is 1. The molecule has 0 aromatic rings. The monoisotopic (exact) mass is 451 g/mol. The molecule has 0 heterocycles. The van der Waals surface area contributed by atoms with Gasteiger partial charge >= 0.3 is 0 Å². The number of quaternary nitrogens is 1. The SMILES string of the molecule is CCCCCCCCCCCC[N+](CCCC)(CCCC)CCCC.O=S(=O)([O-])O.